The third-order valence-corrected chi connectivity index (χ3v) is 3.93. The van der Waals surface area contributed by atoms with Gasteiger partial charge in [0.25, 0.3) is 5.91 Å². The highest BCUT2D eigenvalue weighted by Gasteiger charge is 2.13. The highest BCUT2D eigenvalue weighted by molar-refractivity contribution is 6.04. The number of pyridine rings is 1. The van der Waals surface area contributed by atoms with Crippen LogP contribution < -0.4 is 15.0 Å². The van der Waals surface area contributed by atoms with Crippen LogP contribution in [0.3, 0.4) is 0 Å². The van der Waals surface area contributed by atoms with Gasteiger partial charge in [-0.25, -0.2) is 0 Å². The largest absolute Gasteiger partial charge is 0.495 e. The Morgan fingerprint density at radius 3 is 2.52 bits per heavy atom. The van der Waals surface area contributed by atoms with Gasteiger partial charge in [0, 0.05) is 25.0 Å². The quantitative estimate of drug-likeness (QED) is 0.779. The average molecular weight is 341 g/mol. The van der Waals surface area contributed by atoms with Crippen LogP contribution in [0.4, 0.5) is 11.4 Å². The van der Waals surface area contributed by atoms with Crippen LogP contribution in [0, 0.1) is 6.92 Å². The molecular weight excluding hydrogens is 314 g/mol. The highest BCUT2D eigenvalue weighted by atomic mass is 16.5. The zero-order valence-corrected chi connectivity index (χ0v) is 15.5. The van der Waals surface area contributed by atoms with E-state index in [0.29, 0.717) is 17.1 Å². The first-order chi connectivity index (χ1) is 12.1. The summed E-state index contributed by atoms with van der Waals surface area (Å²) in [5.41, 5.74) is 3.13. The third-order valence-electron chi connectivity index (χ3n) is 3.93. The van der Waals surface area contributed by atoms with Crippen LogP contribution in [0.25, 0.3) is 0 Å². The fraction of sp³-hybridized carbons (Fsp3) is 0.400. The summed E-state index contributed by atoms with van der Waals surface area (Å²) in [5.74, 6) is 0.396. The number of nitrogens with one attached hydrogen (secondary N) is 1. The summed E-state index contributed by atoms with van der Waals surface area (Å²) in [4.78, 5) is 19.2. The van der Waals surface area contributed by atoms with Gasteiger partial charge in [-0.15, -0.1) is 0 Å². The van der Waals surface area contributed by atoms with Gasteiger partial charge in [-0.2, -0.15) is 0 Å². The van der Waals surface area contributed by atoms with Crippen molar-refractivity contribution in [3.05, 3.63) is 47.8 Å². The van der Waals surface area contributed by atoms with Gasteiger partial charge in [-0.1, -0.05) is 19.9 Å². The van der Waals surface area contributed by atoms with E-state index in [-0.39, 0.29) is 5.91 Å². The number of hydrogen-bond acceptors (Lipinski definition) is 4. The second-order valence-electron chi connectivity index (χ2n) is 6.04. The van der Waals surface area contributed by atoms with Gasteiger partial charge in [0.2, 0.25) is 0 Å². The Hall–Kier alpha value is -2.56. The van der Waals surface area contributed by atoms with E-state index in [1.54, 1.807) is 13.3 Å². The van der Waals surface area contributed by atoms with Crippen molar-refractivity contribution in [1.29, 1.82) is 0 Å². The molecule has 0 saturated heterocycles. The van der Waals surface area contributed by atoms with Crippen molar-refractivity contribution in [1.82, 2.24) is 4.98 Å². The van der Waals surface area contributed by atoms with E-state index >= 15 is 0 Å². The van der Waals surface area contributed by atoms with E-state index in [4.69, 9.17) is 4.74 Å². The van der Waals surface area contributed by atoms with Crippen molar-refractivity contribution in [3.8, 4) is 5.75 Å². The number of aryl methyl sites for hydroxylation is 1. The average Bonchev–Trinajstić information content (AvgIpc) is 2.62. The number of ether oxygens (including phenoxy) is 1. The van der Waals surface area contributed by atoms with Crippen molar-refractivity contribution >= 4 is 17.3 Å². The molecule has 0 saturated carbocycles. The summed E-state index contributed by atoms with van der Waals surface area (Å²) < 4.78 is 5.32. The van der Waals surface area contributed by atoms with Crippen molar-refractivity contribution in [2.45, 2.75) is 33.6 Å². The normalized spacial score (nSPS) is 10.4. The molecule has 1 heterocycles. The first-order valence-corrected chi connectivity index (χ1v) is 8.76. The minimum atomic E-state index is -0.237. The maximum absolute atomic E-state index is 12.6. The molecule has 2 aromatic rings. The molecule has 2 rings (SSSR count). The van der Waals surface area contributed by atoms with E-state index in [0.717, 1.165) is 37.2 Å². The summed E-state index contributed by atoms with van der Waals surface area (Å²) in [6.07, 6.45) is 3.81. The number of hydrogen-bond donors (Lipinski definition) is 1. The van der Waals surface area contributed by atoms with Crippen LogP contribution in [0.5, 0.6) is 5.75 Å². The van der Waals surface area contributed by atoms with Crippen molar-refractivity contribution < 1.29 is 9.53 Å². The second-order valence-corrected chi connectivity index (χ2v) is 6.04. The number of benzene rings is 1. The summed E-state index contributed by atoms with van der Waals surface area (Å²) in [7, 11) is 1.59. The highest BCUT2D eigenvalue weighted by Crippen LogP contribution is 2.26. The smallest absolute Gasteiger partial charge is 0.274 e. The number of rotatable bonds is 8. The van der Waals surface area contributed by atoms with Crippen LogP contribution in [0.2, 0.25) is 0 Å². The number of carbonyl (C=O) groups excluding carboxylic acids is 1. The maximum atomic E-state index is 12.6. The zero-order chi connectivity index (χ0) is 18.2. The molecule has 0 fully saturated rings. The maximum Gasteiger partial charge on any atom is 0.274 e. The van der Waals surface area contributed by atoms with Gasteiger partial charge in [0.1, 0.15) is 11.4 Å². The number of nitrogens with zero attached hydrogens (tertiary/aromatic N) is 2. The Bertz CT molecular complexity index is 710. The van der Waals surface area contributed by atoms with Crippen LogP contribution in [-0.4, -0.2) is 31.1 Å². The Kier molecular flexibility index (Phi) is 6.81. The first-order valence-electron chi connectivity index (χ1n) is 8.76. The van der Waals surface area contributed by atoms with Crippen molar-refractivity contribution in [3.63, 3.8) is 0 Å². The predicted molar refractivity (Wildman–Crippen MR) is 103 cm³/mol. The minimum absolute atomic E-state index is 0.237. The number of aromatic nitrogens is 1. The van der Waals surface area contributed by atoms with Crippen LogP contribution in [0.1, 0.15) is 42.7 Å². The molecule has 1 N–H and O–H groups in total. The first kappa shape index (κ1) is 18.8. The molecule has 0 bridgehead atoms. The molecule has 0 aliphatic heterocycles. The lowest BCUT2D eigenvalue weighted by molar-refractivity contribution is 0.102. The minimum Gasteiger partial charge on any atom is -0.495 e. The standard InChI is InChI=1S/C20H27N3O2/c1-5-11-23(12-6-2)16-9-10-21-18(14-16)20(24)22-17-13-15(3)7-8-19(17)25-4/h7-10,13-14H,5-6,11-12H2,1-4H3,(H,22,24). The Balaban J connectivity index is 2.22. The molecule has 0 unspecified atom stereocenters. The predicted octanol–water partition coefficient (Wildman–Crippen LogP) is 4.28. The number of amides is 1. The summed E-state index contributed by atoms with van der Waals surface area (Å²) >= 11 is 0. The van der Waals surface area contributed by atoms with E-state index < -0.39 is 0 Å². The molecule has 1 aromatic carbocycles. The monoisotopic (exact) mass is 341 g/mol. The number of anilines is 2. The molecule has 0 aliphatic carbocycles. The van der Waals surface area contributed by atoms with E-state index in [2.05, 4.69) is 29.0 Å². The molecule has 0 radical (unpaired) electrons. The molecule has 5 heteroatoms. The Morgan fingerprint density at radius 2 is 1.88 bits per heavy atom. The van der Waals surface area contributed by atoms with Crippen LogP contribution >= 0.6 is 0 Å². The van der Waals surface area contributed by atoms with Gasteiger partial charge < -0.3 is 15.0 Å². The lowest BCUT2D eigenvalue weighted by Crippen LogP contribution is -2.25. The van der Waals surface area contributed by atoms with E-state index in [1.807, 2.05) is 37.3 Å². The number of carbonyl (C=O) groups is 1. The van der Waals surface area contributed by atoms with Crippen molar-refractivity contribution in [2.24, 2.45) is 0 Å². The molecular formula is C20H27N3O2. The molecule has 0 spiro atoms. The topological polar surface area (TPSA) is 54.5 Å². The van der Waals surface area contributed by atoms with Crippen LogP contribution in [-0.2, 0) is 0 Å². The van der Waals surface area contributed by atoms with E-state index in [9.17, 15) is 4.79 Å². The summed E-state index contributed by atoms with van der Waals surface area (Å²) in [6, 6.07) is 9.49. The van der Waals surface area contributed by atoms with E-state index in [1.165, 1.54) is 0 Å². The third kappa shape index (κ3) is 4.95. The van der Waals surface area contributed by atoms with Gasteiger partial charge in [-0.05, 0) is 49.6 Å². The fourth-order valence-electron chi connectivity index (χ4n) is 2.76. The summed E-state index contributed by atoms with van der Waals surface area (Å²) in [5, 5.41) is 2.90. The van der Waals surface area contributed by atoms with Crippen molar-refractivity contribution in [2.75, 3.05) is 30.4 Å². The molecule has 5 nitrogen and oxygen atoms in total. The molecule has 0 aliphatic rings. The molecule has 0 atom stereocenters. The molecule has 25 heavy (non-hydrogen) atoms. The molecule has 134 valence electrons. The SMILES string of the molecule is CCCN(CCC)c1ccnc(C(=O)Nc2cc(C)ccc2OC)c1. The zero-order valence-electron chi connectivity index (χ0n) is 15.5. The molecule has 1 amide bonds. The van der Waals surface area contributed by atoms with Crippen LogP contribution in [0.15, 0.2) is 36.5 Å². The molecule has 1 aromatic heterocycles. The summed E-state index contributed by atoms with van der Waals surface area (Å²) in [6.45, 7) is 8.21. The fourth-order valence-corrected chi connectivity index (χ4v) is 2.76. The Labute approximate surface area is 150 Å². The lowest BCUT2D eigenvalue weighted by atomic mass is 10.2. The second kappa shape index (κ2) is 9.06. The van der Waals surface area contributed by atoms with Gasteiger partial charge in [-0.3, -0.25) is 9.78 Å². The van der Waals surface area contributed by atoms with Gasteiger partial charge in [0.15, 0.2) is 0 Å². The number of methoxy groups -OCH3 is 1. The van der Waals surface area contributed by atoms with Gasteiger partial charge >= 0.3 is 0 Å². The lowest BCUT2D eigenvalue weighted by Gasteiger charge is -2.24. The Morgan fingerprint density at radius 1 is 1.16 bits per heavy atom. The van der Waals surface area contributed by atoms with Gasteiger partial charge in [0.05, 0.1) is 12.8 Å².